The Balaban J connectivity index is 2.98. The van der Waals surface area contributed by atoms with Gasteiger partial charge in [0.1, 0.15) is 0 Å². The van der Waals surface area contributed by atoms with Gasteiger partial charge in [0.2, 0.25) is 0 Å². The van der Waals surface area contributed by atoms with Crippen LogP contribution in [0.25, 0.3) is 0 Å². The minimum absolute atomic E-state index is 0.790. The van der Waals surface area contributed by atoms with E-state index < -0.39 is 16.1 Å². The van der Waals surface area contributed by atoms with Gasteiger partial charge in [0, 0.05) is 8.07 Å². The molecule has 1 unspecified atom stereocenters. The lowest BCUT2D eigenvalue weighted by Gasteiger charge is -2.54. The van der Waals surface area contributed by atoms with Crippen molar-refractivity contribution in [1.82, 2.24) is 0 Å². The molecule has 1 atom stereocenters. The summed E-state index contributed by atoms with van der Waals surface area (Å²) in [7, 11) is -1.87. The van der Waals surface area contributed by atoms with Crippen LogP contribution in [0.5, 0.6) is 0 Å². The Morgan fingerprint density at radius 3 is 1.92 bits per heavy atom. The van der Waals surface area contributed by atoms with E-state index in [1.54, 1.807) is 6.04 Å². The minimum atomic E-state index is -0.954. The smallest absolute Gasteiger partial charge is 0.0506 e. The summed E-state index contributed by atoms with van der Waals surface area (Å²) < 4.78 is 0.790. The predicted octanol–water partition coefficient (Wildman–Crippen LogP) is 4.52. The maximum absolute atomic E-state index is 2.63. The van der Waals surface area contributed by atoms with Gasteiger partial charge >= 0.3 is 0 Å². The second kappa shape index (κ2) is 3.23. The third-order valence-corrected chi connectivity index (χ3v) is 17.6. The Morgan fingerprint density at radius 1 is 1.08 bits per heavy atom. The molecule has 0 amide bonds. The Bertz CT molecular complexity index is 191. The molecule has 2 heteroatoms. The van der Waals surface area contributed by atoms with Crippen LogP contribution >= 0.6 is 0 Å². The maximum atomic E-state index is 2.63. The van der Waals surface area contributed by atoms with Gasteiger partial charge in [-0.2, -0.15) is 0 Å². The van der Waals surface area contributed by atoms with Gasteiger partial charge in [0.15, 0.2) is 0 Å². The summed E-state index contributed by atoms with van der Waals surface area (Å²) in [5.74, 6) is 0. The van der Waals surface area contributed by atoms with Gasteiger partial charge in [-0.15, -0.1) is 0 Å². The largest absolute Gasteiger partial charge is 0.0694 e. The highest BCUT2D eigenvalue weighted by Gasteiger charge is 2.51. The Kier molecular flexibility index (Phi) is 2.86. The van der Waals surface area contributed by atoms with E-state index in [1.165, 1.54) is 19.3 Å². The molecule has 1 saturated heterocycles. The summed E-state index contributed by atoms with van der Waals surface area (Å²) in [6, 6.07) is 1.58. The molecule has 0 aliphatic carbocycles. The highest BCUT2D eigenvalue weighted by atomic mass is 28.4. The third-order valence-electron chi connectivity index (χ3n) is 4.88. The summed E-state index contributed by atoms with van der Waals surface area (Å²) in [4.78, 5) is 0. The van der Waals surface area contributed by atoms with E-state index in [2.05, 4.69) is 39.7 Å². The van der Waals surface area contributed by atoms with Gasteiger partial charge in [-0.25, -0.2) is 0 Å². The van der Waals surface area contributed by atoms with Gasteiger partial charge in [0.25, 0.3) is 0 Å². The molecule has 0 aromatic rings. The monoisotopic (exact) mass is 214 g/mol. The van der Waals surface area contributed by atoms with E-state index in [-0.39, 0.29) is 0 Å². The van der Waals surface area contributed by atoms with Crippen LogP contribution in [0.3, 0.4) is 0 Å². The first-order valence-corrected chi connectivity index (χ1v) is 12.4. The van der Waals surface area contributed by atoms with Crippen molar-refractivity contribution in [3.8, 4) is 0 Å². The standard InChI is InChI=1S/C11H26Si2/c1-11(12(2,3)4)9-7-8-10-13(11,5)6/h7-10H2,1-6H3. The molecule has 13 heavy (non-hydrogen) atoms. The number of hydrogen-bond acceptors (Lipinski definition) is 0. The lowest BCUT2D eigenvalue weighted by molar-refractivity contribution is 0.577. The first-order valence-electron chi connectivity index (χ1n) is 5.71. The van der Waals surface area contributed by atoms with Crippen molar-refractivity contribution in [1.29, 1.82) is 0 Å². The first kappa shape index (κ1) is 11.5. The SMILES string of the molecule is CC1([Si](C)(C)C)CCCC[Si]1(C)C. The summed E-state index contributed by atoms with van der Waals surface area (Å²) in [6.07, 6.45) is 4.54. The van der Waals surface area contributed by atoms with Gasteiger partial charge in [0.05, 0.1) is 8.07 Å². The fourth-order valence-corrected chi connectivity index (χ4v) is 15.0. The van der Waals surface area contributed by atoms with Crippen molar-refractivity contribution in [3.63, 3.8) is 0 Å². The zero-order valence-corrected chi connectivity index (χ0v) is 12.3. The van der Waals surface area contributed by atoms with Crippen molar-refractivity contribution in [2.45, 2.75) is 69.6 Å². The van der Waals surface area contributed by atoms with E-state index in [4.69, 9.17) is 0 Å². The molecule has 0 bridgehead atoms. The van der Waals surface area contributed by atoms with Crippen molar-refractivity contribution >= 4 is 16.1 Å². The molecule has 1 aliphatic heterocycles. The van der Waals surface area contributed by atoms with Gasteiger partial charge < -0.3 is 0 Å². The van der Waals surface area contributed by atoms with E-state index in [0.717, 1.165) is 4.66 Å². The third kappa shape index (κ3) is 1.80. The Hall–Kier alpha value is 0.434. The van der Waals surface area contributed by atoms with Gasteiger partial charge in [-0.05, 0) is 4.66 Å². The predicted molar refractivity (Wildman–Crippen MR) is 67.9 cm³/mol. The van der Waals surface area contributed by atoms with Crippen LogP contribution in [0.1, 0.15) is 26.2 Å². The molecule has 1 heterocycles. The first-order chi connectivity index (χ1) is 5.71. The van der Waals surface area contributed by atoms with Crippen molar-refractivity contribution in [2.24, 2.45) is 0 Å². The van der Waals surface area contributed by atoms with Crippen LogP contribution < -0.4 is 0 Å². The van der Waals surface area contributed by atoms with Gasteiger partial charge in [-0.1, -0.05) is 65.0 Å². The molecule has 78 valence electrons. The van der Waals surface area contributed by atoms with Crippen LogP contribution in [-0.4, -0.2) is 16.1 Å². The summed E-state index contributed by atoms with van der Waals surface area (Å²) in [5.41, 5.74) is 0. The fraction of sp³-hybridized carbons (Fsp3) is 1.00. The number of rotatable bonds is 1. The fourth-order valence-electron chi connectivity index (χ4n) is 3.05. The molecule has 0 radical (unpaired) electrons. The molecule has 0 saturated carbocycles. The molecule has 0 aromatic heterocycles. The zero-order valence-electron chi connectivity index (χ0n) is 10.3. The van der Waals surface area contributed by atoms with E-state index in [9.17, 15) is 0 Å². The molecule has 0 N–H and O–H groups in total. The summed E-state index contributed by atoms with van der Waals surface area (Å²) in [6.45, 7) is 15.6. The lowest BCUT2D eigenvalue weighted by Crippen LogP contribution is -2.55. The molecule has 0 spiro atoms. The Morgan fingerprint density at radius 2 is 1.62 bits per heavy atom. The van der Waals surface area contributed by atoms with Crippen LogP contribution in [0.4, 0.5) is 0 Å². The second-order valence-electron chi connectivity index (χ2n) is 6.67. The van der Waals surface area contributed by atoms with E-state index >= 15 is 0 Å². The van der Waals surface area contributed by atoms with E-state index in [1.807, 2.05) is 0 Å². The topological polar surface area (TPSA) is 0 Å². The lowest BCUT2D eigenvalue weighted by atomic mass is 10.2. The Labute approximate surface area is 86.1 Å². The average Bonchev–Trinajstić information content (AvgIpc) is 1.93. The van der Waals surface area contributed by atoms with Crippen molar-refractivity contribution in [2.75, 3.05) is 0 Å². The van der Waals surface area contributed by atoms with Crippen LogP contribution in [0, 0.1) is 0 Å². The molecule has 1 fully saturated rings. The molecule has 0 nitrogen and oxygen atoms in total. The summed E-state index contributed by atoms with van der Waals surface area (Å²) in [5, 5.41) is 0. The zero-order chi connectivity index (χ0) is 10.3. The maximum Gasteiger partial charge on any atom is 0.0506 e. The van der Waals surface area contributed by atoms with E-state index in [0.29, 0.717) is 0 Å². The molecule has 1 rings (SSSR count). The summed E-state index contributed by atoms with van der Waals surface area (Å²) >= 11 is 0. The highest BCUT2D eigenvalue weighted by Crippen LogP contribution is 2.54. The van der Waals surface area contributed by atoms with Crippen LogP contribution in [0.2, 0.25) is 43.4 Å². The van der Waals surface area contributed by atoms with Crippen LogP contribution in [0.15, 0.2) is 0 Å². The van der Waals surface area contributed by atoms with Crippen molar-refractivity contribution in [3.05, 3.63) is 0 Å². The average molecular weight is 215 g/mol. The quantitative estimate of drug-likeness (QED) is 0.563. The van der Waals surface area contributed by atoms with Crippen LogP contribution in [-0.2, 0) is 0 Å². The van der Waals surface area contributed by atoms with Crippen molar-refractivity contribution < 1.29 is 0 Å². The number of hydrogen-bond donors (Lipinski definition) is 0. The molecular weight excluding hydrogens is 188 g/mol. The molecular formula is C11H26Si2. The second-order valence-corrected chi connectivity index (χ2v) is 18.1. The van der Waals surface area contributed by atoms with Gasteiger partial charge in [-0.3, -0.25) is 0 Å². The molecule has 1 aliphatic rings. The normalized spacial score (nSPS) is 34.6. The molecule has 0 aromatic carbocycles. The highest BCUT2D eigenvalue weighted by molar-refractivity contribution is 6.99. The minimum Gasteiger partial charge on any atom is -0.0694 e.